The molecule has 1 aliphatic carbocycles. The van der Waals surface area contributed by atoms with Crippen molar-refractivity contribution in [2.75, 3.05) is 11.4 Å². The fourth-order valence-electron chi connectivity index (χ4n) is 5.11. The first-order chi connectivity index (χ1) is 21.0. The Bertz CT molecular complexity index is 1530. The highest BCUT2D eigenvalue weighted by atomic mass is 79.9. The van der Waals surface area contributed by atoms with Crippen LogP contribution < -0.4 is 15.5 Å². The molecule has 3 aromatic carbocycles. The standard InChI is InChI=1S/C32H31BrF3N5O3/c33-26-16-25(32(34,35)36)17-27(18-26)40-31(39-20-37)41(28-12-10-23(11-13-28)22-4-2-1-3-5-22)19-21-6-8-24(9-7-21)30(44)38-15-14-29(42)43/h6-13,16-18,22H,1-5,14-15,19H2,(H,38,44)(H,39,40)(H,42,43). The lowest BCUT2D eigenvalue weighted by atomic mass is 9.84. The molecule has 0 atom stereocenters. The fraction of sp³-hybridized carbons (Fsp3) is 0.312. The lowest BCUT2D eigenvalue weighted by Gasteiger charge is -2.27. The SMILES string of the molecule is N#CNC(=Nc1cc(Br)cc(C(F)(F)F)c1)N(Cc1ccc(C(=O)NCCC(=O)O)cc1)c1ccc(C2CCCCC2)cc1. The van der Waals surface area contributed by atoms with Gasteiger partial charge in [-0.1, -0.05) is 59.5 Å². The number of halogens is 4. The number of carboxylic acid groups (broad SMARTS) is 1. The van der Waals surface area contributed by atoms with Gasteiger partial charge >= 0.3 is 12.1 Å². The first kappa shape index (κ1) is 32.5. The van der Waals surface area contributed by atoms with E-state index in [0.29, 0.717) is 17.2 Å². The van der Waals surface area contributed by atoms with Gasteiger partial charge < -0.3 is 15.3 Å². The van der Waals surface area contributed by atoms with Gasteiger partial charge in [0.05, 0.1) is 24.2 Å². The van der Waals surface area contributed by atoms with Crippen molar-refractivity contribution < 1.29 is 27.9 Å². The molecule has 44 heavy (non-hydrogen) atoms. The maximum Gasteiger partial charge on any atom is 0.416 e. The summed E-state index contributed by atoms with van der Waals surface area (Å²) in [6.07, 6.45) is 2.89. The van der Waals surface area contributed by atoms with Gasteiger partial charge in [-0.2, -0.15) is 18.4 Å². The fourth-order valence-corrected chi connectivity index (χ4v) is 5.59. The van der Waals surface area contributed by atoms with Crippen LogP contribution in [-0.4, -0.2) is 29.5 Å². The summed E-state index contributed by atoms with van der Waals surface area (Å²) in [7, 11) is 0. The van der Waals surface area contributed by atoms with Crippen molar-refractivity contribution in [2.45, 2.75) is 57.2 Å². The van der Waals surface area contributed by atoms with E-state index in [1.807, 2.05) is 30.5 Å². The third-order valence-corrected chi connectivity index (χ3v) is 7.79. The van der Waals surface area contributed by atoms with Crippen LogP contribution in [0.4, 0.5) is 24.5 Å². The van der Waals surface area contributed by atoms with Crippen molar-refractivity contribution in [2.24, 2.45) is 4.99 Å². The number of nitrogens with one attached hydrogen (secondary N) is 2. The number of nitrogens with zero attached hydrogens (tertiary/aromatic N) is 3. The van der Waals surface area contributed by atoms with E-state index in [0.717, 1.165) is 30.5 Å². The summed E-state index contributed by atoms with van der Waals surface area (Å²) in [5, 5.41) is 23.5. The quantitative estimate of drug-likeness (QED) is 0.0941. The molecule has 0 aliphatic heterocycles. The number of nitriles is 1. The molecule has 3 aromatic rings. The van der Waals surface area contributed by atoms with E-state index < -0.39 is 23.6 Å². The van der Waals surface area contributed by atoms with Crippen molar-refractivity contribution in [3.63, 3.8) is 0 Å². The number of carboxylic acids is 1. The highest BCUT2D eigenvalue weighted by Gasteiger charge is 2.31. The smallest absolute Gasteiger partial charge is 0.416 e. The van der Waals surface area contributed by atoms with E-state index in [1.165, 1.54) is 30.9 Å². The van der Waals surface area contributed by atoms with E-state index in [2.05, 4.69) is 31.6 Å². The third-order valence-electron chi connectivity index (χ3n) is 7.33. The van der Waals surface area contributed by atoms with E-state index in [-0.39, 0.29) is 35.6 Å². The molecule has 0 saturated heterocycles. The number of guanidine groups is 1. The highest BCUT2D eigenvalue weighted by Crippen LogP contribution is 2.35. The molecular formula is C32H31BrF3N5O3. The number of aliphatic carboxylic acids is 1. The van der Waals surface area contributed by atoms with Gasteiger partial charge in [-0.3, -0.25) is 14.9 Å². The predicted octanol–water partition coefficient (Wildman–Crippen LogP) is 7.49. The monoisotopic (exact) mass is 669 g/mol. The van der Waals surface area contributed by atoms with Crippen LogP contribution in [0.25, 0.3) is 0 Å². The lowest BCUT2D eigenvalue weighted by molar-refractivity contribution is -0.138. The second kappa shape index (κ2) is 14.9. The van der Waals surface area contributed by atoms with Gasteiger partial charge in [-0.05, 0) is 72.4 Å². The number of amides is 1. The average Bonchev–Trinajstić information content (AvgIpc) is 2.99. The zero-order chi connectivity index (χ0) is 31.7. The Balaban J connectivity index is 1.68. The molecular weight excluding hydrogens is 639 g/mol. The molecule has 1 amide bonds. The molecule has 0 unspecified atom stereocenters. The highest BCUT2D eigenvalue weighted by molar-refractivity contribution is 9.10. The number of anilines is 1. The van der Waals surface area contributed by atoms with Crippen molar-refractivity contribution in [3.05, 3.63) is 93.5 Å². The summed E-state index contributed by atoms with van der Waals surface area (Å²) in [6, 6.07) is 17.8. The van der Waals surface area contributed by atoms with Crippen LogP contribution in [0.15, 0.2) is 76.2 Å². The van der Waals surface area contributed by atoms with Gasteiger partial charge in [-0.25, -0.2) is 4.99 Å². The molecule has 0 radical (unpaired) electrons. The summed E-state index contributed by atoms with van der Waals surface area (Å²) >= 11 is 3.13. The second-order valence-corrected chi connectivity index (χ2v) is 11.4. The van der Waals surface area contributed by atoms with Crippen molar-refractivity contribution in [1.82, 2.24) is 10.6 Å². The Morgan fingerprint density at radius 3 is 2.32 bits per heavy atom. The second-order valence-electron chi connectivity index (χ2n) is 10.5. The van der Waals surface area contributed by atoms with Gasteiger partial charge in [-0.15, -0.1) is 0 Å². The number of carbonyl (C=O) groups is 2. The molecule has 0 aromatic heterocycles. The first-order valence-electron chi connectivity index (χ1n) is 14.1. The third kappa shape index (κ3) is 9.07. The molecule has 12 heteroatoms. The summed E-state index contributed by atoms with van der Waals surface area (Å²) in [5.74, 6) is -0.960. The van der Waals surface area contributed by atoms with Crippen molar-refractivity contribution in [3.8, 4) is 6.19 Å². The Hall–Kier alpha value is -4.37. The van der Waals surface area contributed by atoms with Crippen LogP contribution in [-0.2, 0) is 17.5 Å². The summed E-state index contributed by atoms with van der Waals surface area (Å²) < 4.78 is 40.8. The van der Waals surface area contributed by atoms with Crippen LogP contribution in [0.2, 0.25) is 0 Å². The molecule has 0 spiro atoms. The van der Waals surface area contributed by atoms with Gasteiger partial charge in [0.1, 0.15) is 0 Å². The minimum absolute atomic E-state index is 0.00808. The summed E-state index contributed by atoms with van der Waals surface area (Å²) in [5.41, 5.74) is 2.03. The van der Waals surface area contributed by atoms with E-state index in [4.69, 9.17) is 5.11 Å². The van der Waals surface area contributed by atoms with Gasteiger partial charge in [0.25, 0.3) is 5.91 Å². The molecule has 1 aliphatic rings. The zero-order valence-electron chi connectivity index (χ0n) is 23.7. The molecule has 230 valence electrons. The molecule has 0 bridgehead atoms. The van der Waals surface area contributed by atoms with Gasteiger partial charge in [0, 0.05) is 22.3 Å². The molecule has 8 nitrogen and oxygen atoms in total. The van der Waals surface area contributed by atoms with Crippen LogP contribution >= 0.6 is 15.9 Å². The van der Waals surface area contributed by atoms with Crippen LogP contribution in [0.1, 0.15) is 71.5 Å². The van der Waals surface area contributed by atoms with Crippen molar-refractivity contribution in [1.29, 1.82) is 5.26 Å². The number of aliphatic imine (C=N–C) groups is 1. The Labute approximate surface area is 261 Å². The normalized spacial score (nSPS) is 14.0. The first-order valence-corrected chi connectivity index (χ1v) is 14.9. The van der Waals surface area contributed by atoms with Crippen molar-refractivity contribution >= 4 is 45.1 Å². The topological polar surface area (TPSA) is 118 Å². The van der Waals surface area contributed by atoms with Crippen LogP contribution in [0, 0.1) is 11.5 Å². The predicted molar refractivity (Wildman–Crippen MR) is 164 cm³/mol. The van der Waals surface area contributed by atoms with Crippen LogP contribution in [0.3, 0.4) is 0 Å². The number of rotatable bonds is 9. The Kier molecular flexibility index (Phi) is 11.0. The summed E-state index contributed by atoms with van der Waals surface area (Å²) in [4.78, 5) is 29.2. The molecule has 1 saturated carbocycles. The van der Waals surface area contributed by atoms with Crippen LogP contribution in [0.5, 0.6) is 0 Å². The minimum atomic E-state index is -4.59. The van der Waals surface area contributed by atoms with Gasteiger partial charge in [0.15, 0.2) is 6.19 Å². The molecule has 1 fully saturated rings. The zero-order valence-corrected chi connectivity index (χ0v) is 25.3. The lowest BCUT2D eigenvalue weighted by Crippen LogP contribution is -2.39. The number of alkyl halides is 3. The van der Waals surface area contributed by atoms with Gasteiger partial charge in [0.2, 0.25) is 5.96 Å². The minimum Gasteiger partial charge on any atom is -0.481 e. The molecule has 4 rings (SSSR count). The number of benzene rings is 3. The Morgan fingerprint density at radius 1 is 1.02 bits per heavy atom. The molecule has 0 heterocycles. The van der Waals surface area contributed by atoms with E-state index in [1.54, 1.807) is 29.2 Å². The summed E-state index contributed by atoms with van der Waals surface area (Å²) in [6.45, 7) is 0.156. The number of carbonyl (C=O) groups excluding carboxylic acids is 1. The maximum atomic E-state index is 13.5. The largest absolute Gasteiger partial charge is 0.481 e. The maximum absolute atomic E-state index is 13.5. The average molecular weight is 671 g/mol. The number of hydrogen-bond acceptors (Lipinski definition) is 4. The Morgan fingerprint density at radius 2 is 1.70 bits per heavy atom. The van der Waals surface area contributed by atoms with E-state index >= 15 is 0 Å². The van der Waals surface area contributed by atoms with E-state index in [9.17, 15) is 28.0 Å². The molecule has 3 N–H and O–H groups in total. The number of hydrogen-bond donors (Lipinski definition) is 3.